The van der Waals surface area contributed by atoms with Crippen LogP contribution in [0.3, 0.4) is 0 Å². The third-order valence-corrected chi connectivity index (χ3v) is 6.05. The van der Waals surface area contributed by atoms with Crippen molar-refractivity contribution in [3.8, 4) is 0 Å². The van der Waals surface area contributed by atoms with E-state index in [-0.39, 0.29) is 5.91 Å². The van der Waals surface area contributed by atoms with Crippen molar-refractivity contribution in [2.75, 3.05) is 6.54 Å². The van der Waals surface area contributed by atoms with Gasteiger partial charge in [0.15, 0.2) is 0 Å². The molecule has 2 saturated heterocycles. The normalized spacial score (nSPS) is 23.0. The number of nitrogens with zero attached hydrogens (tertiary/aromatic N) is 2. The van der Waals surface area contributed by atoms with Gasteiger partial charge in [0.25, 0.3) is 5.91 Å². The summed E-state index contributed by atoms with van der Waals surface area (Å²) in [6.07, 6.45) is 3.57. The highest BCUT2D eigenvalue weighted by Crippen LogP contribution is 2.34. The smallest absolute Gasteiger partial charge is 0.266 e. The number of piperidine rings is 1. The molecular weight excluding hydrogens is 384 g/mol. The van der Waals surface area contributed by atoms with Gasteiger partial charge in [-0.1, -0.05) is 54.3 Å². The van der Waals surface area contributed by atoms with E-state index in [1.54, 1.807) is 13.0 Å². The van der Waals surface area contributed by atoms with E-state index >= 15 is 0 Å². The van der Waals surface area contributed by atoms with E-state index in [2.05, 4.69) is 0 Å². The summed E-state index contributed by atoms with van der Waals surface area (Å²) in [5.41, 5.74) is 0.866. The quantitative estimate of drug-likeness (QED) is 0.559. The first-order valence-corrected chi connectivity index (χ1v) is 9.96. The molecule has 2 atom stereocenters. The molecule has 3 rings (SSSR count). The molecule has 0 aromatic heterocycles. The molecule has 2 heterocycles. The van der Waals surface area contributed by atoms with Crippen LogP contribution in [-0.2, 0) is 14.4 Å². The molecule has 0 radical (unpaired) electrons. The van der Waals surface area contributed by atoms with Crippen molar-refractivity contribution in [1.82, 2.24) is 9.80 Å². The van der Waals surface area contributed by atoms with Gasteiger partial charge in [-0.3, -0.25) is 14.5 Å². The Morgan fingerprint density at radius 3 is 2.67 bits per heavy atom. The number of hydrogen-bond donors (Lipinski definition) is 0. The molecular formula is C19H19N2O4S2-. The Labute approximate surface area is 167 Å². The van der Waals surface area contributed by atoms with Crippen molar-refractivity contribution in [1.29, 1.82) is 0 Å². The predicted molar refractivity (Wildman–Crippen MR) is 105 cm³/mol. The van der Waals surface area contributed by atoms with E-state index in [0.717, 1.165) is 30.2 Å². The van der Waals surface area contributed by atoms with Gasteiger partial charge in [0.05, 0.1) is 16.9 Å². The number of rotatable bonds is 4. The van der Waals surface area contributed by atoms with Crippen LogP contribution < -0.4 is 5.11 Å². The molecule has 2 aliphatic rings. The second-order valence-electron chi connectivity index (χ2n) is 6.50. The number of amides is 2. The van der Waals surface area contributed by atoms with E-state index in [1.165, 1.54) is 9.80 Å². The summed E-state index contributed by atoms with van der Waals surface area (Å²) < 4.78 is 0.296. The number of aliphatic carboxylic acids is 1. The lowest BCUT2D eigenvalue weighted by Crippen LogP contribution is -2.57. The van der Waals surface area contributed by atoms with Crippen molar-refractivity contribution < 1.29 is 19.5 Å². The number of carboxylic acid groups (broad SMARTS) is 1. The maximum atomic E-state index is 12.9. The number of benzene rings is 1. The molecule has 2 aliphatic heterocycles. The first kappa shape index (κ1) is 19.6. The first-order valence-electron chi connectivity index (χ1n) is 8.73. The van der Waals surface area contributed by atoms with Crippen molar-refractivity contribution in [3.05, 3.63) is 40.8 Å². The molecule has 6 nitrogen and oxygen atoms in total. The molecule has 0 saturated carbocycles. The molecule has 0 unspecified atom stereocenters. The van der Waals surface area contributed by atoms with Crippen molar-refractivity contribution in [3.63, 3.8) is 0 Å². The molecule has 1 aromatic carbocycles. The number of hydrogen-bond acceptors (Lipinski definition) is 6. The number of carbonyl (C=O) groups is 3. The van der Waals surface area contributed by atoms with Crippen LogP contribution >= 0.6 is 24.0 Å². The maximum absolute atomic E-state index is 12.9. The van der Waals surface area contributed by atoms with Gasteiger partial charge >= 0.3 is 0 Å². The monoisotopic (exact) mass is 403 g/mol. The summed E-state index contributed by atoms with van der Waals surface area (Å²) in [7, 11) is 0. The zero-order valence-electron chi connectivity index (χ0n) is 14.8. The summed E-state index contributed by atoms with van der Waals surface area (Å²) >= 11 is 6.46. The minimum atomic E-state index is -1.26. The highest BCUT2D eigenvalue weighted by Gasteiger charge is 2.41. The van der Waals surface area contributed by atoms with Crippen LogP contribution in [-0.4, -0.2) is 50.5 Å². The Morgan fingerprint density at radius 1 is 1.30 bits per heavy atom. The van der Waals surface area contributed by atoms with Crippen molar-refractivity contribution in [2.24, 2.45) is 0 Å². The van der Waals surface area contributed by atoms with Crippen molar-refractivity contribution >= 4 is 52.2 Å². The van der Waals surface area contributed by atoms with E-state index in [9.17, 15) is 19.5 Å². The molecule has 0 bridgehead atoms. The fourth-order valence-corrected chi connectivity index (χ4v) is 4.72. The third kappa shape index (κ3) is 4.06. The molecule has 0 N–H and O–H groups in total. The van der Waals surface area contributed by atoms with Crippen LogP contribution in [0, 0.1) is 0 Å². The van der Waals surface area contributed by atoms with Gasteiger partial charge in [-0.2, -0.15) is 0 Å². The van der Waals surface area contributed by atoms with E-state index < -0.39 is 24.0 Å². The third-order valence-electron chi connectivity index (χ3n) is 4.72. The fraction of sp³-hybridized carbons (Fsp3) is 0.368. The molecule has 0 spiro atoms. The fourth-order valence-electron chi connectivity index (χ4n) is 3.31. The zero-order valence-corrected chi connectivity index (χ0v) is 16.4. The minimum Gasteiger partial charge on any atom is -0.548 e. The molecule has 2 amide bonds. The Hall–Kier alpha value is -2.19. The molecule has 1 aromatic rings. The Bertz CT molecular complexity index is 809. The number of carbonyl (C=O) groups excluding carboxylic acids is 3. The first-order chi connectivity index (χ1) is 12.9. The summed E-state index contributed by atoms with van der Waals surface area (Å²) in [6, 6.07) is 7.56. The maximum Gasteiger partial charge on any atom is 0.266 e. The summed E-state index contributed by atoms with van der Waals surface area (Å²) in [4.78, 5) is 40.1. The van der Waals surface area contributed by atoms with E-state index in [1.807, 2.05) is 30.3 Å². The van der Waals surface area contributed by atoms with Gasteiger partial charge in [-0.05, 0) is 37.8 Å². The summed E-state index contributed by atoms with van der Waals surface area (Å²) in [5.74, 6) is -2.01. The molecule has 2 fully saturated rings. The van der Waals surface area contributed by atoms with Crippen LogP contribution in [0.15, 0.2) is 35.2 Å². The van der Waals surface area contributed by atoms with Crippen LogP contribution in [0.25, 0.3) is 6.08 Å². The highest BCUT2D eigenvalue weighted by molar-refractivity contribution is 8.26. The molecule has 27 heavy (non-hydrogen) atoms. The molecule has 0 aliphatic carbocycles. The SMILES string of the molecule is C[C@H](C(=O)N1CCCC[C@H]1C(=O)[O-])N1C(=O)/C(=C/c2ccccc2)SC1=S. The van der Waals surface area contributed by atoms with Crippen LogP contribution in [0.5, 0.6) is 0 Å². The highest BCUT2D eigenvalue weighted by atomic mass is 32.2. The van der Waals surface area contributed by atoms with Gasteiger partial charge in [-0.25, -0.2) is 0 Å². The van der Waals surface area contributed by atoms with E-state index in [4.69, 9.17) is 12.2 Å². The van der Waals surface area contributed by atoms with Crippen LogP contribution in [0.2, 0.25) is 0 Å². The predicted octanol–water partition coefficient (Wildman–Crippen LogP) is 1.41. The van der Waals surface area contributed by atoms with Gasteiger partial charge in [0.2, 0.25) is 5.91 Å². The zero-order chi connectivity index (χ0) is 19.6. The summed E-state index contributed by atoms with van der Waals surface area (Å²) in [5, 5.41) is 11.4. The lowest BCUT2D eigenvalue weighted by molar-refractivity contribution is -0.312. The van der Waals surface area contributed by atoms with Crippen LogP contribution in [0.1, 0.15) is 31.7 Å². The average Bonchev–Trinajstić information content (AvgIpc) is 2.94. The standard InChI is InChI=1S/C19H20N2O4S2/c1-12(16(22)20-10-6-5-9-14(20)18(24)25)21-17(23)15(27-19(21)26)11-13-7-3-2-4-8-13/h2-4,7-8,11-12,14H,5-6,9-10H2,1H3,(H,24,25)/p-1/b15-11-/t12-,14+/m1/s1. The Balaban J connectivity index is 1.79. The van der Waals surface area contributed by atoms with Crippen molar-refractivity contribution in [2.45, 2.75) is 38.3 Å². The molecule has 8 heteroatoms. The number of thioether (sulfide) groups is 1. The van der Waals surface area contributed by atoms with Gasteiger partial charge < -0.3 is 14.8 Å². The number of likely N-dealkylation sites (tertiary alicyclic amines) is 1. The minimum absolute atomic E-state index is 0.296. The van der Waals surface area contributed by atoms with Crippen LogP contribution in [0.4, 0.5) is 0 Å². The second-order valence-corrected chi connectivity index (χ2v) is 8.18. The lowest BCUT2D eigenvalue weighted by atomic mass is 10.0. The lowest BCUT2D eigenvalue weighted by Gasteiger charge is -2.39. The Kier molecular flexibility index (Phi) is 5.96. The second kappa shape index (κ2) is 8.22. The number of thiocarbonyl (C=S) groups is 1. The topological polar surface area (TPSA) is 80.8 Å². The number of carboxylic acids is 1. The summed E-state index contributed by atoms with van der Waals surface area (Å²) in [6.45, 7) is 1.93. The van der Waals surface area contributed by atoms with E-state index in [0.29, 0.717) is 22.2 Å². The van der Waals surface area contributed by atoms with Gasteiger partial charge in [-0.15, -0.1) is 0 Å². The average molecular weight is 404 g/mol. The molecule has 142 valence electrons. The van der Waals surface area contributed by atoms with Gasteiger partial charge in [0, 0.05) is 6.54 Å². The van der Waals surface area contributed by atoms with Gasteiger partial charge in [0.1, 0.15) is 10.4 Å². The largest absolute Gasteiger partial charge is 0.548 e. The Morgan fingerprint density at radius 2 is 2.00 bits per heavy atom.